The van der Waals surface area contributed by atoms with Gasteiger partial charge in [-0.2, -0.15) is 0 Å². The van der Waals surface area contributed by atoms with E-state index in [1.54, 1.807) is 0 Å². The lowest BCUT2D eigenvalue weighted by atomic mass is 9.85. The van der Waals surface area contributed by atoms with Gasteiger partial charge in [-0.05, 0) is 18.9 Å². The van der Waals surface area contributed by atoms with Crippen molar-refractivity contribution in [2.24, 2.45) is 5.92 Å². The van der Waals surface area contributed by atoms with Crippen molar-refractivity contribution in [3.05, 3.63) is 23.8 Å². The first-order chi connectivity index (χ1) is 8.61. The van der Waals surface area contributed by atoms with Gasteiger partial charge in [-0.3, -0.25) is 0 Å². The molecule has 2 atom stereocenters. The Hall–Kier alpha value is -1.36. The van der Waals surface area contributed by atoms with Crippen LogP contribution in [-0.4, -0.2) is 17.8 Å². The largest absolute Gasteiger partial charge is 0.396 e. The normalized spacial score (nSPS) is 23.9. The highest BCUT2D eigenvalue weighted by atomic mass is 19.1. The molecule has 4 N–H and O–H groups in total. The number of aliphatic hydroxyl groups is 1. The van der Waals surface area contributed by atoms with E-state index in [4.69, 9.17) is 5.73 Å². The van der Waals surface area contributed by atoms with Crippen LogP contribution in [0, 0.1) is 17.6 Å². The summed E-state index contributed by atoms with van der Waals surface area (Å²) in [5.74, 6) is -1.29. The molecule has 1 aromatic carbocycles. The second-order valence-electron chi connectivity index (χ2n) is 4.83. The Morgan fingerprint density at radius 1 is 1.28 bits per heavy atom. The molecule has 1 aliphatic carbocycles. The molecule has 0 aliphatic heterocycles. The molecule has 0 spiro atoms. The summed E-state index contributed by atoms with van der Waals surface area (Å²) in [6.45, 7) is 0.0787. The third-order valence-corrected chi connectivity index (χ3v) is 3.58. The summed E-state index contributed by atoms with van der Waals surface area (Å²) in [6.07, 6.45) is 3.93. The van der Waals surface area contributed by atoms with Gasteiger partial charge in [-0.25, -0.2) is 8.78 Å². The Morgan fingerprint density at radius 3 is 2.72 bits per heavy atom. The standard InChI is InChI=1S/C13H18F2N2O/c14-9-5-10(15)13(16)12(6-9)17-11-4-2-1-3-8(11)7-18/h5-6,8,11,17-18H,1-4,7,16H2. The zero-order chi connectivity index (χ0) is 13.1. The van der Waals surface area contributed by atoms with E-state index in [0.717, 1.165) is 31.7 Å². The molecule has 0 saturated heterocycles. The van der Waals surface area contributed by atoms with E-state index in [1.807, 2.05) is 0 Å². The van der Waals surface area contributed by atoms with Gasteiger partial charge < -0.3 is 16.2 Å². The quantitative estimate of drug-likeness (QED) is 0.728. The summed E-state index contributed by atoms with van der Waals surface area (Å²) in [6, 6.07) is 1.99. The third kappa shape index (κ3) is 2.72. The highest BCUT2D eigenvalue weighted by Crippen LogP contribution is 2.30. The second-order valence-corrected chi connectivity index (χ2v) is 4.83. The van der Waals surface area contributed by atoms with Crippen LogP contribution in [0.15, 0.2) is 12.1 Å². The van der Waals surface area contributed by atoms with Crippen molar-refractivity contribution in [3.8, 4) is 0 Å². The maximum atomic E-state index is 13.3. The predicted molar refractivity (Wildman–Crippen MR) is 67.2 cm³/mol. The Labute approximate surface area is 105 Å². The lowest BCUT2D eigenvalue weighted by molar-refractivity contribution is 0.178. The molecule has 0 radical (unpaired) electrons. The fraction of sp³-hybridized carbons (Fsp3) is 0.538. The Bertz CT molecular complexity index is 426. The summed E-state index contributed by atoms with van der Waals surface area (Å²) >= 11 is 0. The number of hydrogen-bond donors (Lipinski definition) is 3. The monoisotopic (exact) mass is 256 g/mol. The van der Waals surface area contributed by atoms with Gasteiger partial charge in [-0.1, -0.05) is 12.8 Å². The number of nitrogens with two attached hydrogens (primary N) is 1. The van der Waals surface area contributed by atoms with Gasteiger partial charge in [0.2, 0.25) is 0 Å². The maximum Gasteiger partial charge on any atom is 0.151 e. The number of nitrogen functional groups attached to an aromatic ring is 1. The topological polar surface area (TPSA) is 58.3 Å². The van der Waals surface area contributed by atoms with Gasteiger partial charge in [0, 0.05) is 24.6 Å². The smallest absolute Gasteiger partial charge is 0.151 e. The fourth-order valence-corrected chi connectivity index (χ4v) is 2.52. The molecule has 1 aliphatic rings. The Kier molecular flexibility index (Phi) is 4.01. The van der Waals surface area contributed by atoms with Crippen LogP contribution in [0.25, 0.3) is 0 Å². The van der Waals surface area contributed by atoms with Crippen molar-refractivity contribution in [1.29, 1.82) is 0 Å². The molecule has 18 heavy (non-hydrogen) atoms. The summed E-state index contributed by atoms with van der Waals surface area (Å²) in [5, 5.41) is 12.4. The van der Waals surface area contributed by atoms with E-state index in [1.165, 1.54) is 6.07 Å². The van der Waals surface area contributed by atoms with E-state index in [9.17, 15) is 13.9 Å². The van der Waals surface area contributed by atoms with Crippen molar-refractivity contribution >= 4 is 11.4 Å². The van der Waals surface area contributed by atoms with E-state index in [-0.39, 0.29) is 29.9 Å². The zero-order valence-electron chi connectivity index (χ0n) is 10.1. The first-order valence-corrected chi connectivity index (χ1v) is 6.23. The molecule has 1 aromatic rings. The number of halogens is 2. The van der Waals surface area contributed by atoms with Crippen molar-refractivity contribution < 1.29 is 13.9 Å². The minimum absolute atomic E-state index is 0.0206. The molecule has 1 fully saturated rings. The molecule has 1 saturated carbocycles. The molecule has 0 aromatic heterocycles. The average Bonchev–Trinajstić information content (AvgIpc) is 2.36. The minimum atomic E-state index is -0.756. The molecular weight excluding hydrogens is 238 g/mol. The van der Waals surface area contributed by atoms with Gasteiger partial charge >= 0.3 is 0 Å². The first kappa shape index (κ1) is 13.1. The molecular formula is C13H18F2N2O. The van der Waals surface area contributed by atoms with Gasteiger partial charge in [0.05, 0.1) is 11.4 Å². The van der Waals surface area contributed by atoms with E-state index < -0.39 is 11.6 Å². The molecule has 0 amide bonds. The first-order valence-electron chi connectivity index (χ1n) is 6.23. The summed E-state index contributed by atoms with van der Waals surface area (Å²) < 4.78 is 26.5. The number of rotatable bonds is 3. The molecule has 3 nitrogen and oxygen atoms in total. The molecule has 100 valence electrons. The van der Waals surface area contributed by atoms with Gasteiger partial charge in [0.15, 0.2) is 5.82 Å². The van der Waals surface area contributed by atoms with Crippen molar-refractivity contribution in [2.45, 2.75) is 31.7 Å². The number of aliphatic hydroxyl groups excluding tert-OH is 1. The summed E-state index contributed by atoms with van der Waals surface area (Å²) in [7, 11) is 0. The van der Waals surface area contributed by atoms with E-state index in [0.29, 0.717) is 0 Å². The van der Waals surface area contributed by atoms with Gasteiger partial charge in [-0.15, -0.1) is 0 Å². The van der Waals surface area contributed by atoms with E-state index in [2.05, 4.69) is 5.32 Å². The van der Waals surface area contributed by atoms with Crippen LogP contribution in [0.5, 0.6) is 0 Å². The number of benzene rings is 1. The third-order valence-electron chi connectivity index (χ3n) is 3.58. The Balaban J connectivity index is 2.17. The lowest BCUT2D eigenvalue weighted by Gasteiger charge is -2.32. The summed E-state index contributed by atoms with van der Waals surface area (Å²) in [4.78, 5) is 0. The number of hydrogen-bond acceptors (Lipinski definition) is 3. The van der Waals surface area contributed by atoms with Gasteiger partial charge in [0.1, 0.15) is 5.82 Å². The highest BCUT2D eigenvalue weighted by Gasteiger charge is 2.25. The summed E-state index contributed by atoms with van der Waals surface area (Å²) in [5.41, 5.74) is 5.79. The SMILES string of the molecule is Nc1c(F)cc(F)cc1NC1CCCCC1CO. The van der Waals surface area contributed by atoms with Gasteiger partial charge in [0.25, 0.3) is 0 Å². The van der Waals surface area contributed by atoms with Crippen LogP contribution in [0.3, 0.4) is 0 Å². The highest BCUT2D eigenvalue weighted by molar-refractivity contribution is 5.67. The van der Waals surface area contributed by atoms with Crippen molar-refractivity contribution in [1.82, 2.24) is 0 Å². The van der Waals surface area contributed by atoms with Crippen LogP contribution in [0.2, 0.25) is 0 Å². The fourth-order valence-electron chi connectivity index (χ4n) is 2.52. The van der Waals surface area contributed by atoms with Crippen LogP contribution in [0.4, 0.5) is 20.2 Å². The van der Waals surface area contributed by atoms with Crippen LogP contribution in [0.1, 0.15) is 25.7 Å². The molecule has 5 heteroatoms. The van der Waals surface area contributed by atoms with E-state index >= 15 is 0 Å². The van der Waals surface area contributed by atoms with Crippen LogP contribution < -0.4 is 11.1 Å². The molecule has 2 unspecified atom stereocenters. The van der Waals surface area contributed by atoms with Crippen molar-refractivity contribution in [2.75, 3.05) is 17.7 Å². The second kappa shape index (κ2) is 5.52. The zero-order valence-corrected chi connectivity index (χ0v) is 10.1. The lowest BCUT2D eigenvalue weighted by Crippen LogP contribution is -2.34. The Morgan fingerprint density at radius 2 is 2.00 bits per heavy atom. The molecule has 0 bridgehead atoms. The van der Waals surface area contributed by atoms with Crippen LogP contribution in [-0.2, 0) is 0 Å². The predicted octanol–water partition coefficient (Wildman–Crippen LogP) is 2.51. The van der Waals surface area contributed by atoms with Crippen molar-refractivity contribution in [3.63, 3.8) is 0 Å². The molecule has 2 rings (SSSR count). The molecule has 0 heterocycles. The number of nitrogens with one attached hydrogen (secondary N) is 1. The number of anilines is 2. The van der Waals surface area contributed by atoms with Crippen LogP contribution >= 0.6 is 0 Å². The maximum absolute atomic E-state index is 13.3. The average molecular weight is 256 g/mol. The minimum Gasteiger partial charge on any atom is -0.396 e.